The Morgan fingerprint density at radius 1 is 1.23 bits per heavy atom. The van der Waals surface area contributed by atoms with Gasteiger partial charge in [-0.1, -0.05) is 57.2 Å². The Hall–Kier alpha value is -2.63. The van der Waals surface area contributed by atoms with Crippen LogP contribution in [-0.4, -0.2) is 35.1 Å². The van der Waals surface area contributed by atoms with Gasteiger partial charge in [0.2, 0.25) is 0 Å². The maximum Gasteiger partial charge on any atom is 0.267 e. The molecule has 0 saturated heterocycles. The minimum Gasteiger partial charge on any atom is -0.381 e. The van der Waals surface area contributed by atoms with Crippen LogP contribution in [0.5, 0.6) is 0 Å². The highest BCUT2D eigenvalue weighted by atomic mass is 16.5. The van der Waals surface area contributed by atoms with E-state index in [0.717, 1.165) is 38.0 Å². The second-order valence-corrected chi connectivity index (χ2v) is 9.83. The Bertz CT molecular complexity index is 977. The molecule has 0 radical (unpaired) electrons. The Morgan fingerprint density at radius 2 is 2.03 bits per heavy atom. The van der Waals surface area contributed by atoms with E-state index >= 15 is 0 Å². The molecule has 31 heavy (non-hydrogen) atoms. The summed E-state index contributed by atoms with van der Waals surface area (Å²) in [7, 11) is 0. The quantitative estimate of drug-likeness (QED) is 0.377. The van der Waals surface area contributed by atoms with E-state index in [4.69, 9.17) is 5.21 Å². The largest absolute Gasteiger partial charge is 0.381 e. The molecule has 5 nitrogen and oxygen atoms in total. The molecule has 3 N–H and O–H groups in total. The molecule has 1 amide bonds. The van der Waals surface area contributed by atoms with Gasteiger partial charge in [0.25, 0.3) is 5.91 Å². The third kappa shape index (κ3) is 4.83. The molecule has 4 rings (SSSR count). The van der Waals surface area contributed by atoms with E-state index in [1.165, 1.54) is 28.5 Å². The van der Waals surface area contributed by atoms with Crippen LogP contribution in [0.2, 0.25) is 0 Å². The molecule has 0 fully saturated rings. The smallest absolute Gasteiger partial charge is 0.267 e. The molecular formula is C26H33N3O2. The van der Waals surface area contributed by atoms with Gasteiger partial charge in [-0.25, -0.2) is 5.48 Å². The first-order valence-electron chi connectivity index (χ1n) is 11.2. The normalized spacial score (nSPS) is 20.9. The van der Waals surface area contributed by atoms with E-state index in [2.05, 4.69) is 67.4 Å². The van der Waals surface area contributed by atoms with E-state index < -0.39 is 5.91 Å². The first-order valence-corrected chi connectivity index (χ1v) is 11.2. The van der Waals surface area contributed by atoms with Crippen LogP contribution in [-0.2, 0) is 17.8 Å². The molecular weight excluding hydrogens is 386 g/mol. The van der Waals surface area contributed by atoms with Crippen molar-refractivity contribution in [2.24, 2.45) is 5.41 Å². The number of amides is 1. The minimum atomic E-state index is -0.513. The Kier molecular flexibility index (Phi) is 6.17. The highest BCUT2D eigenvalue weighted by Crippen LogP contribution is 2.44. The van der Waals surface area contributed by atoms with Gasteiger partial charge in [0.05, 0.1) is 0 Å². The molecule has 0 spiro atoms. The van der Waals surface area contributed by atoms with E-state index in [0.29, 0.717) is 12.0 Å². The summed E-state index contributed by atoms with van der Waals surface area (Å²) in [5, 5.41) is 12.4. The molecule has 5 heteroatoms. The summed E-state index contributed by atoms with van der Waals surface area (Å²) in [5.74, 6) is 0.0169. The summed E-state index contributed by atoms with van der Waals surface area (Å²) in [6.07, 6.45) is 5.25. The number of fused-ring (bicyclic) bond motifs is 2. The van der Waals surface area contributed by atoms with E-state index in [1.54, 1.807) is 11.6 Å². The fraction of sp³-hybridized carbons (Fsp3) is 0.423. The van der Waals surface area contributed by atoms with Crippen LogP contribution < -0.4 is 10.8 Å². The molecule has 2 aromatic rings. The monoisotopic (exact) mass is 419 g/mol. The molecule has 0 aliphatic carbocycles. The summed E-state index contributed by atoms with van der Waals surface area (Å²) in [6, 6.07) is 15.6. The molecule has 2 aliphatic rings. The van der Waals surface area contributed by atoms with Crippen molar-refractivity contribution in [3.8, 4) is 0 Å². The molecule has 0 bridgehead atoms. The van der Waals surface area contributed by atoms with Crippen LogP contribution in [0.1, 0.15) is 55.4 Å². The van der Waals surface area contributed by atoms with E-state index in [1.807, 2.05) is 6.07 Å². The van der Waals surface area contributed by atoms with Crippen molar-refractivity contribution in [1.29, 1.82) is 0 Å². The Labute approximate surface area is 185 Å². The third-order valence-corrected chi connectivity index (χ3v) is 6.62. The summed E-state index contributed by atoms with van der Waals surface area (Å²) in [6.45, 7) is 10.1. The molecule has 2 unspecified atom stereocenters. The number of rotatable bonds is 5. The number of hydrogen-bond donors (Lipinski definition) is 3. The summed E-state index contributed by atoms with van der Waals surface area (Å²) in [5.41, 5.74) is 8.29. The first-order chi connectivity index (χ1) is 14.8. The highest BCUT2D eigenvalue weighted by molar-refractivity contribution is 5.90. The van der Waals surface area contributed by atoms with Crippen molar-refractivity contribution in [2.75, 3.05) is 18.4 Å². The van der Waals surface area contributed by atoms with Crippen LogP contribution in [0, 0.1) is 5.41 Å². The molecule has 2 aliphatic heterocycles. The number of nitrogens with zero attached hydrogens (tertiary/aromatic N) is 1. The van der Waals surface area contributed by atoms with Crippen molar-refractivity contribution < 1.29 is 10.0 Å². The van der Waals surface area contributed by atoms with Gasteiger partial charge in [-0.05, 0) is 59.2 Å². The van der Waals surface area contributed by atoms with Crippen LogP contribution in [0.25, 0.3) is 6.08 Å². The van der Waals surface area contributed by atoms with Gasteiger partial charge in [0.15, 0.2) is 0 Å². The number of carbonyl (C=O) groups excluding carboxylic acids is 1. The zero-order chi connectivity index (χ0) is 22.0. The Balaban J connectivity index is 1.41. The fourth-order valence-electron chi connectivity index (χ4n) is 5.00. The predicted octanol–water partition coefficient (Wildman–Crippen LogP) is 4.58. The van der Waals surface area contributed by atoms with Gasteiger partial charge < -0.3 is 5.32 Å². The van der Waals surface area contributed by atoms with Gasteiger partial charge >= 0.3 is 0 Å². The zero-order valence-corrected chi connectivity index (χ0v) is 18.7. The second-order valence-electron chi connectivity index (χ2n) is 9.83. The number of hydrogen-bond acceptors (Lipinski definition) is 4. The summed E-state index contributed by atoms with van der Waals surface area (Å²) < 4.78 is 0. The SMILES string of the molecule is CC(C)(C)C1Nc2ccccc2C1CCN1CCc2cc(/C=C/C(=O)NO)ccc2C1. The van der Waals surface area contributed by atoms with Gasteiger partial charge in [-0.15, -0.1) is 0 Å². The lowest BCUT2D eigenvalue weighted by atomic mass is 9.77. The van der Waals surface area contributed by atoms with E-state index in [9.17, 15) is 4.79 Å². The standard InChI is InChI=1S/C26H33N3O2/c1-26(2,3)25-22(21-6-4-5-7-23(21)27-25)13-15-29-14-12-19-16-18(8-10-20(19)17-29)9-11-24(30)28-31/h4-11,16,22,25,27,31H,12-15,17H2,1-3H3,(H,28,30)/b11-9+. The van der Waals surface area contributed by atoms with Crippen LogP contribution in [0.4, 0.5) is 5.69 Å². The lowest BCUT2D eigenvalue weighted by Crippen LogP contribution is -2.37. The topological polar surface area (TPSA) is 64.6 Å². The predicted molar refractivity (Wildman–Crippen MR) is 125 cm³/mol. The maximum absolute atomic E-state index is 11.2. The summed E-state index contributed by atoms with van der Waals surface area (Å²) in [4.78, 5) is 13.8. The van der Waals surface area contributed by atoms with Crippen molar-refractivity contribution in [2.45, 2.75) is 52.1 Å². The molecule has 2 aromatic carbocycles. The molecule has 2 atom stereocenters. The number of hydroxylamine groups is 1. The van der Waals surface area contributed by atoms with Crippen molar-refractivity contribution >= 4 is 17.7 Å². The molecule has 0 aromatic heterocycles. The Morgan fingerprint density at radius 3 is 2.81 bits per heavy atom. The average Bonchev–Trinajstić information content (AvgIpc) is 3.15. The van der Waals surface area contributed by atoms with Gasteiger partial charge in [-0.3, -0.25) is 14.9 Å². The van der Waals surface area contributed by atoms with Crippen molar-refractivity contribution in [3.05, 3.63) is 70.8 Å². The van der Waals surface area contributed by atoms with Gasteiger partial charge in [0, 0.05) is 36.8 Å². The lowest BCUT2D eigenvalue weighted by molar-refractivity contribution is -0.124. The number of benzene rings is 2. The summed E-state index contributed by atoms with van der Waals surface area (Å²) >= 11 is 0. The van der Waals surface area contributed by atoms with Crippen molar-refractivity contribution in [1.82, 2.24) is 10.4 Å². The molecule has 164 valence electrons. The van der Waals surface area contributed by atoms with Crippen molar-refractivity contribution in [3.63, 3.8) is 0 Å². The zero-order valence-electron chi connectivity index (χ0n) is 18.7. The van der Waals surface area contributed by atoms with Crippen LogP contribution in [0.3, 0.4) is 0 Å². The second kappa shape index (κ2) is 8.85. The van der Waals surface area contributed by atoms with Gasteiger partial charge in [0.1, 0.15) is 0 Å². The molecule has 2 heterocycles. The number of carbonyl (C=O) groups is 1. The highest BCUT2D eigenvalue weighted by Gasteiger charge is 2.39. The van der Waals surface area contributed by atoms with Crippen LogP contribution in [0.15, 0.2) is 48.5 Å². The lowest BCUT2D eigenvalue weighted by Gasteiger charge is -2.35. The maximum atomic E-state index is 11.2. The number of para-hydroxylation sites is 1. The average molecular weight is 420 g/mol. The van der Waals surface area contributed by atoms with Gasteiger partial charge in [-0.2, -0.15) is 0 Å². The first kappa shape index (κ1) is 21.6. The fourth-order valence-corrected chi connectivity index (χ4v) is 5.00. The van der Waals surface area contributed by atoms with E-state index in [-0.39, 0.29) is 5.41 Å². The minimum absolute atomic E-state index is 0.203. The third-order valence-electron chi connectivity index (χ3n) is 6.62. The number of anilines is 1. The van der Waals surface area contributed by atoms with Crippen LogP contribution >= 0.6 is 0 Å². The molecule has 0 saturated carbocycles. The number of nitrogens with one attached hydrogen (secondary N) is 2.